The molecule has 84 heavy (non-hydrogen) atoms. The maximum absolute atomic E-state index is 14.4. The Kier molecular flexibility index (Phi) is 21.4. The average molecular weight is 1230 g/mol. The first-order valence-electron chi connectivity index (χ1n) is 27.4. The molecule has 5 aliphatic rings. The number of phenols is 1. The number of hydroxylamine groups is 2. The summed E-state index contributed by atoms with van der Waals surface area (Å²) in [6, 6.07) is 5.32. The third kappa shape index (κ3) is 15.8. The van der Waals surface area contributed by atoms with E-state index in [1.54, 1.807) is 51.2 Å². The lowest BCUT2D eigenvalue weighted by Gasteiger charge is -2.42. The highest BCUT2D eigenvalue weighted by Gasteiger charge is 2.64. The van der Waals surface area contributed by atoms with E-state index >= 15 is 0 Å². The number of hydrogen-bond donors (Lipinski definition) is 4. The smallest absolute Gasteiger partial charge is 0.409 e. The Morgan fingerprint density at radius 2 is 1.79 bits per heavy atom. The number of epoxide rings is 1. The molecule has 0 unspecified atom stereocenters. The van der Waals surface area contributed by atoms with Gasteiger partial charge in [-0.05, 0) is 65.2 Å². The van der Waals surface area contributed by atoms with Crippen LogP contribution in [-0.2, 0) is 63.8 Å². The number of carbonyl (C=O) groups excluding carboxylic acids is 8. The number of imide groups is 1. The van der Waals surface area contributed by atoms with E-state index in [1.165, 1.54) is 65.6 Å². The van der Waals surface area contributed by atoms with E-state index in [4.69, 9.17) is 49.6 Å². The number of hydrazone groups is 1. The number of esters is 1. The van der Waals surface area contributed by atoms with Crippen LogP contribution in [0.1, 0.15) is 110 Å². The summed E-state index contributed by atoms with van der Waals surface area (Å²) in [5.41, 5.74) is 2.04. The second-order valence-corrected chi connectivity index (χ2v) is 25.5. The number of fused-ring (bicyclic) bond motifs is 6. The highest BCUT2D eigenvalue weighted by atomic mass is 35.5. The van der Waals surface area contributed by atoms with Gasteiger partial charge in [0.05, 0.1) is 56.2 Å². The number of aliphatic hydroxyl groups is 1. The zero-order valence-electron chi connectivity index (χ0n) is 48.6. The SMILES string of the molecule is COc1cc2cc(c1Cl)N(C)C(=O)C[C@H](OC(=O)[C@H](C)N(C)C(=O)CCSSC(C)(C)CC(=O)N/N=C1\CCOc3cc(OCCCC(=O)ON4C(=O)CCC4=O)cc(O)c31)[C@]1(C)O[C@H]1[C@H](C)[C@@H]1C[C@@](O)(NC(=O)O1)[C@H](OC)/C=C/C=C(\C)C2. The molecule has 8 atom stereocenters. The molecular weight excluding hydrogens is 1160 g/mol. The van der Waals surface area contributed by atoms with Crippen LogP contribution in [0.4, 0.5) is 10.5 Å². The van der Waals surface area contributed by atoms with Crippen LogP contribution in [0.2, 0.25) is 5.02 Å². The van der Waals surface area contributed by atoms with Crippen molar-refractivity contribution in [3.05, 3.63) is 64.2 Å². The second-order valence-electron chi connectivity index (χ2n) is 22.0. The Balaban J connectivity index is 0.932. The van der Waals surface area contributed by atoms with Crippen molar-refractivity contribution < 1.29 is 86.6 Å². The van der Waals surface area contributed by atoms with Crippen LogP contribution in [0.5, 0.6) is 23.0 Å². The number of rotatable bonds is 19. The van der Waals surface area contributed by atoms with Crippen molar-refractivity contribution in [3.63, 3.8) is 0 Å². The van der Waals surface area contributed by atoms with Crippen LogP contribution in [-0.4, -0.2) is 167 Å². The minimum atomic E-state index is -1.89. The van der Waals surface area contributed by atoms with Crippen LogP contribution in [0.25, 0.3) is 0 Å². The highest BCUT2D eigenvalue weighted by molar-refractivity contribution is 8.77. The van der Waals surface area contributed by atoms with E-state index in [0.717, 1.165) is 11.1 Å². The predicted octanol–water partition coefficient (Wildman–Crippen LogP) is 6.23. The van der Waals surface area contributed by atoms with Crippen molar-refractivity contribution in [2.24, 2.45) is 11.0 Å². The molecule has 0 radical (unpaired) electrons. The number of phenolic OH excluding ortho intramolecular Hbond substituents is 1. The first-order chi connectivity index (χ1) is 39.7. The maximum Gasteiger partial charge on any atom is 0.409 e. The summed E-state index contributed by atoms with van der Waals surface area (Å²) >= 11 is 6.83. The van der Waals surface area contributed by atoms with E-state index in [1.807, 2.05) is 26.8 Å². The topological polar surface area (TPSA) is 300 Å². The molecule has 7 rings (SSSR count). The Hall–Kier alpha value is -6.58. The van der Waals surface area contributed by atoms with Gasteiger partial charge in [0.25, 0.3) is 11.8 Å². The first kappa shape index (κ1) is 65.0. The quantitative estimate of drug-likeness (QED) is 0.0303. The van der Waals surface area contributed by atoms with Crippen LogP contribution in [0, 0.1) is 5.92 Å². The molecule has 0 spiro atoms. The molecular formula is C57H73ClN6O18S2. The summed E-state index contributed by atoms with van der Waals surface area (Å²) in [7, 11) is 8.66. The molecule has 4 N–H and O–H groups in total. The molecule has 3 fully saturated rings. The van der Waals surface area contributed by atoms with Crippen LogP contribution in [0.3, 0.4) is 0 Å². The van der Waals surface area contributed by atoms with Gasteiger partial charge in [-0.3, -0.25) is 29.3 Å². The van der Waals surface area contributed by atoms with Crippen molar-refractivity contribution in [2.45, 2.75) is 152 Å². The van der Waals surface area contributed by atoms with Gasteiger partial charge in [0, 0.05) is 88.3 Å². The van der Waals surface area contributed by atoms with Crippen molar-refractivity contribution in [3.8, 4) is 23.0 Å². The number of ether oxygens (including phenoxy) is 7. The summed E-state index contributed by atoms with van der Waals surface area (Å²) < 4.78 is 40.3. The number of alkyl carbamates (subject to hydrolysis) is 1. The van der Waals surface area contributed by atoms with Crippen molar-refractivity contribution >= 4 is 92.2 Å². The summed E-state index contributed by atoms with van der Waals surface area (Å²) in [4.78, 5) is 112. The molecule has 458 valence electrons. The van der Waals surface area contributed by atoms with Gasteiger partial charge in [0.15, 0.2) is 5.72 Å². The van der Waals surface area contributed by atoms with Gasteiger partial charge in [0.1, 0.15) is 58.0 Å². The molecule has 2 aromatic carbocycles. The minimum absolute atomic E-state index is 0.0120. The summed E-state index contributed by atoms with van der Waals surface area (Å²) in [6.07, 6.45) is 0.726. The number of carbonyl (C=O) groups is 8. The molecule has 4 bridgehead atoms. The summed E-state index contributed by atoms with van der Waals surface area (Å²) in [5, 5.41) is 30.3. The number of aromatic hydroxyl groups is 1. The Morgan fingerprint density at radius 3 is 2.49 bits per heavy atom. The lowest BCUT2D eigenvalue weighted by Crippen LogP contribution is -2.63. The zero-order chi connectivity index (χ0) is 61.4. The standard InChI is InChI=1S/C57H73ClN6O18S2/c1-31-13-11-14-42(76-10)57(74)29-41(79-54(73)59-57)32(2)52-56(6,81-52)43(28-48(70)63(8)37-24-34(23-31)25-40(75-9)51(37)58)80-53(72)33(3)62(7)45(67)19-22-83-84-55(4,5)30-44(66)61-60-36-18-21-78-39-27-35(26-38(65)50(36)39)77-20-12-15-49(71)82-64-46(68)16-17-47(64)69/h11,13-14,24-27,32-33,41-43,52,65,74H,12,15-23,28-30H2,1-10H3,(H,59,73)(H,61,66)/b14-11+,31-13+,60-36+/t32-,33+,41+,42-,43+,52+,56+,57+/m1/s1. The van der Waals surface area contributed by atoms with Gasteiger partial charge in [-0.15, -0.1) is 5.06 Å². The van der Waals surface area contributed by atoms with Crippen molar-refractivity contribution in [2.75, 3.05) is 52.2 Å². The number of likely N-dealkylation sites (N-methyl/N-ethyl adjacent to an activating group) is 1. The van der Waals surface area contributed by atoms with E-state index < -0.39 is 94.1 Å². The molecule has 3 saturated heterocycles. The molecule has 2 aromatic rings. The molecule has 5 aliphatic heterocycles. The normalized spacial score (nSPS) is 26.3. The van der Waals surface area contributed by atoms with Gasteiger partial charge in [-0.1, -0.05) is 63.9 Å². The number of halogens is 1. The number of allylic oxidation sites excluding steroid dienone is 3. The molecule has 27 heteroatoms. The zero-order valence-corrected chi connectivity index (χ0v) is 51.0. The van der Waals surface area contributed by atoms with Crippen molar-refractivity contribution in [1.29, 1.82) is 0 Å². The largest absolute Gasteiger partial charge is 0.507 e. The van der Waals surface area contributed by atoms with E-state index in [2.05, 4.69) is 15.8 Å². The predicted molar refractivity (Wildman–Crippen MR) is 309 cm³/mol. The monoisotopic (exact) mass is 1230 g/mol. The Morgan fingerprint density at radius 1 is 1.06 bits per heavy atom. The van der Waals surface area contributed by atoms with Crippen LogP contribution in [0.15, 0.2) is 53.2 Å². The van der Waals surface area contributed by atoms with Gasteiger partial charge in [0.2, 0.25) is 17.7 Å². The van der Waals surface area contributed by atoms with Crippen LogP contribution >= 0.6 is 33.2 Å². The Bertz CT molecular complexity index is 2960. The first-order valence-corrected chi connectivity index (χ1v) is 30.1. The van der Waals surface area contributed by atoms with Crippen LogP contribution < -0.4 is 29.9 Å². The number of anilines is 1. The number of nitrogens with zero attached hydrogens (tertiary/aromatic N) is 4. The second kappa shape index (κ2) is 27.6. The minimum Gasteiger partial charge on any atom is -0.507 e. The molecule has 0 aromatic heterocycles. The highest BCUT2D eigenvalue weighted by Crippen LogP contribution is 2.49. The third-order valence-corrected chi connectivity index (χ3v) is 18.7. The van der Waals surface area contributed by atoms with Gasteiger partial charge < -0.3 is 58.0 Å². The fraction of sp³-hybridized carbons (Fsp3) is 0.561. The number of amides is 6. The van der Waals surface area contributed by atoms with E-state index in [9.17, 15) is 48.6 Å². The average Bonchev–Trinajstić information content (AvgIpc) is 3.64. The van der Waals surface area contributed by atoms with Gasteiger partial charge in [-0.25, -0.2) is 19.8 Å². The number of benzene rings is 2. The Labute approximate surface area is 499 Å². The van der Waals surface area contributed by atoms with Gasteiger partial charge in [-0.2, -0.15) is 5.10 Å². The lowest BCUT2D eigenvalue weighted by molar-refractivity contribution is -0.197. The van der Waals surface area contributed by atoms with E-state index in [-0.39, 0.29) is 105 Å². The van der Waals surface area contributed by atoms with Gasteiger partial charge >= 0.3 is 18.0 Å². The third-order valence-electron chi connectivity index (χ3n) is 15.0. The summed E-state index contributed by atoms with van der Waals surface area (Å²) in [6.45, 7) is 10.8. The number of hydrogen-bond acceptors (Lipinski definition) is 21. The molecule has 5 heterocycles. The van der Waals surface area contributed by atoms with E-state index in [0.29, 0.717) is 34.4 Å². The fourth-order valence-corrected chi connectivity index (χ4v) is 12.9. The molecule has 6 amide bonds. The summed E-state index contributed by atoms with van der Waals surface area (Å²) in [5.74, 6) is -3.64. The molecule has 24 nitrogen and oxygen atoms in total. The fourth-order valence-electron chi connectivity index (χ4n) is 10.1. The molecule has 0 aliphatic carbocycles. The lowest BCUT2D eigenvalue weighted by atomic mass is 9.83. The maximum atomic E-state index is 14.4. The number of methoxy groups -OCH3 is 2. The number of nitrogens with one attached hydrogen (secondary N) is 2. The van der Waals surface area contributed by atoms with Crippen molar-refractivity contribution in [1.82, 2.24) is 20.7 Å². The molecule has 0 saturated carbocycles.